The summed E-state index contributed by atoms with van der Waals surface area (Å²) in [6, 6.07) is 2.32. The molecule has 0 saturated carbocycles. The molecule has 1 heterocycles. The Bertz CT molecular complexity index is 303. The third-order valence-electron chi connectivity index (χ3n) is 1.38. The van der Waals surface area contributed by atoms with Gasteiger partial charge in [-0.15, -0.1) is 6.42 Å². The number of hydrogen-bond acceptors (Lipinski definition) is 0. The maximum atomic E-state index is 12.1. The van der Waals surface area contributed by atoms with Crippen molar-refractivity contribution in [3.63, 3.8) is 0 Å². The first kappa shape index (κ1) is 8.72. The lowest BCUT2D eigenvalue weighted by molar-refractivity contribution is -0.143. The molecule has 1 aromatic heterocycles. The topological polar surface area (TPSA) is 4.93 Å². The molecule has 0 fully saturated rings. The van der Waals surface area contributed by atoms with Gasteiger partial charge in [0.25, 0.3) is 0 Å². The minimum atomic E-state index is -4.32. The molecule has 12 heavy (non-hydrogen) atoms. The Balaban J connectivity index is 3.01. The van der Waals surface area contributed by atoms with E-state index < -0.39 is 11.9 Å². The van der Waals surface area contributed by atoms with Gasteiger partial charge < -0.3 is 4.57 Å². The van der Waals surface area contributed by atoms with E-state index in [1.807, 2.05) is 0 Å². The van der Waals surface area contributed by atoms with Crippen molar-refractivity contribution in [2.24, 2.45) is 0 Å². The molecule has 0 aliphatic carbocycles. The summed E-state index contributed by atoms with van der Waals surface area (Å²) in [4.78, 5) is 0. The Morgan fingerprint density at radius 3 is 2.67 bits per heavy atom. The fourth-order valence-corrected chi connectivity index (χ4v) is 0.908. The van der Waals surface area contributed by atoms with Crippen LogP contribution in [0.15, 0.2) is 18.3 Å². The molecule has 0 atom stereocenters. The summed E-state index contributed by atoms with van der Waals surface area (Å²) in [7, 11) is 0. The van der Waals surface area contributed by atoms with Gasteiger partial charge >= 0.3 is 6.18 Å². The lowest BCUT2D eigenvalue weighted by Gasteiger charge is -2.08. The first-order valence-electron chi connectivity index (χ1n) is 3.21. The molecule has 4 heteroatoms. The number of alkyl halides is 3. The molecular formula is C8H6F3N. The van der Waals surface area contributed by atoms with E-state index in [9.17, 15) is 13.2 Å². The van der Waals surface area contributed by atoms with Crippen LogP contribution in [0.3, 0.4) is 0 Å². The average molecular weight is 173 g/mol. The monoisotopic (exact) mass is 173 g/mol. The van der Waals surface area contributed by atoms with Crippen molar-refractivity contribution in [2.45, 2.75) is 12.7 Å². The van der Waals surface area contributed by atoms with Crippen molar-refractivity contribution in [1.29, 1.82) is 0 Å². The van der Waals surface area contributed by atoms with Crippen LogP contribution in [-0.4, -0.2) is 4.57 Å². The van der Waals surface area contributed by atoms with Gasteiger partial charge in [-0.05, 0) is 12.1 Å². The molecule has 1 aromatic rings. The van der Waals surface area contributed by atoms with Crippen LogP contribution in [0.2, 0.25) is 0 Å². The molecule has 0 radical (unpaired) electrons. The Morgan fingerprint density at radius 2 is 2.17 bits per heavy atom. The second-order valence-electron chi connectivity index (χ2n) is 2.22. The first-order chi connectivity index (χ1) is 5.55. The molecule has 0 amide bonds. The van der Waals surface area contributed by atoms with Crippen LogP contribution in [0, 0.1) is 12.3 Å². The summed E-state index contributed by atoms with van der Waals surface area (Å²) in [5.41, 5.74) is -0.708. The van der Waals surface area contributed by atoms with E-state index in [1.54, 1.807) is 0 Å². The van der Waals surface area contributed by atoms with E-state index in [1.165, 1.54) is 12.3 Å². The zero-order valence-electron chi connectivity index (χ0n) is 6.10. The highest BCUT2D eigenvalue weighted by Crippen LogP contribution is 2.29. The van der Waals surface area contributed by atoms with E-state index in [4.69, 9.17) is 6.42 Å². The molecule has 0 aliphatic rings. The summed E-state index contributed by atoms with van der Waals surface area (Å²) < 4.78 is 37.3. The number of nitrogens with zero attached hydrogens (tertiary/aromatic N) is 1. The normalized spacial score (nSPS) is 11.2. The van der Waals surface area contributed by atoms with Crippen LogP contribution in [0.4, 0.5) is 13.2 Å². The second-order valence-corrected chi connectivity index (χ2v) is 2.22. The van der Waals surface area contributed by atoms with Gasteiger partial charge in [0.2, 0.25) is 0 Å². The number of hydrogen-bond donors (Lipinski definition) is 0. The number of rotatable bonds is 1. The predicted octanol–water partition coefficient (Wildman–Crippen LogP) is 2.14. The summed E-state index contributed by atoms with van der Waals surface area (Å²) in [5.74, 6) is 2.15. The van der Waals surface area contributed by atoms with Crippen LogP contribution in [-0.2, 0) is 12.7 Å². The van der Waals surface area contributed by atoms with Crippen molar-refractivity contribution in [3.8, 4) is 12.3 Å². The summed E-state index contributed by atoms with van der Waals surface area (Å²) in [6.45, 7) is -0.0537. The molecule has 0 aliphatic heterocycles. The molecule has 64 valence electrons. The zero-order valence-corrected chi connectivity index (χ0v) is 6.10. The smallest absolute Gasteiger partial charge is 0.332 e. The van der Waals surface area contributed by atoms with Gasteiger partial charge in [-0.3, -0.25) is 0 Å². The SMILES string of the molecule is C#CCn1cccc1C(F)(F)F. The Kier molecular flexibility index (Phi) is 2.13. The minimum Gasteiger partial charge on any atom is -0.332 e. The third kappa shape index (κ3) is 1.62. The van der Waals surface area contributed by atoms with Gasteiger partial charge in [-0.2, -0.15) is 13.2 Å². The van der Waals surface area contributed by atoms with Crippen LogP contribution < -0.4 is 0 Å². The second kappa shape index (κ2) is 2.94. The van der Waals surface area contributed by atoms with Crippen LogP contribution in [0.5, 0.6) is 0 Å². The highest BCUT2D eigenvalue weighted by atomic mass is 19.4. The Labute approximate surface area is 67.8 Å². The summed E-state index contributed by atoms with van der Waals surface area (Å²) >= 11 is 0. The molecule has 0 aromatic carbocycles. The van der Waals surface area contributed by atoms with Crippen LogP contribution in [0.25, 0.3) is 0 Å². The van der Waals surface area contributed by atoms with Gasteiger partial charge in [0.15, 0.2) is 0 Å². The Hall–Kier alpha value is -1.37. The fourth-order valence-electron chi connectivity index (χ4n) is 0.908. The number of aromatic nitrogens is 1. The standard InChI is InChI=1S/C8H6F3N/c1-2-5-12-6-3-4-7(12)8(9,10)11/h1,3-4,6H,5H2. The van der Waals surface area contributed by atoms with Crippen molar-refractivity contribution in [2.75, 3.05) is 0 Å². The largest absolute Gasteiger partial charge is 0.431 e. The molecule has 1 rings (SSSR count). The number of terminal acetylenes is 1. The zero-order chi connectivity index (χ0) is 9.19. The third-order valence-corrected chi connectivity index (χ3v) is 1.38. The van der Waals surface area contributed by atoms with Crippen molar-refractivity contribution in [1.82, 2.24) is 4.57 Å². The lowest BCUT2D eigenvalue weighted by atomic mass is 10.4. The molecule has 0 saturated heterocycles. The highest BCUT2D eigenvalue weighted by Gasteiger charge is 2.33. The first-order valence-corrected chi connectivity index (χ1v) is 3.21. The van der Waals surface area contributed by atoms with Crippen molar-refractivity contribution < 1.29 is 13.2 Å². The molecule has 0 N–H and O–H groups in total. The number of halogens is 3. The van der Waals surface area contributed by atoms with Gasteiger partial charge in [0.05, 0.1) is 6.54 Å². The van der Waals surface area contributed by atoms with Gasteiger partial charge in [0.1, 0.15) is 5.69 Å². The minimum absolute atomic E-state index is 0.0537. The molecule has 0 bridgehead atoms. The molecule has 1 nitrogen and oxygen atoms in total. The maximum Gasteiger partial charge on any atom is 0.431 e. The predicted molar refractivity (Wildman–Crippen MR) is 38.3 cm³/mol. The van der Waals surface area contributed by atoms with E-state index in [-0.39, 0.29) is 6.54 Å². The Morgan fingerprint density at radius 1 is 1.50 bits per heavy atom. The molecule has 0 unspecified atom stereocenters. The quantitative estimate of drug-likeness (QED) is 0.573. The summed E-state index contributed by atoms with van der Waals surface area (Å²) in [5, 5.41) is 0. The van der Waals surface area contributed by atoms with Gasteiger partial charge in [-0.25, -0.2) is 0 Å². The van der Waals surface area contributed by atoms with E-state index in [0.717, 1.165) is 10.6 Å². The van der Waals surface area contributed by atoms with Crippen LogP contribution in [0.1, 0.15) is 5.69 Å². The van der Waals surface area contributed by atoms with E-state index in [2.05, 4.69) is 5.92 Å². The average Bonchev–Trinajstić information content (AvgIpc) is 2.34. The van der Waals surface area contributed by atoms with E-state index >= 15 is 0 Å². The highest BCUT2D eigenvalue weighted by molar-refractivity contribution is 5.12. The van der Waals surface area contributed by atoms with Gasteiger partial charge in [0, 0.05) is 6.20 Å². The molecule has 0 spiro atoms. The van der Waals surface area contributed by atoms with Crippen molar-refractivity contribution >= 4 is 0 Å². The maximum absolute atomic E-state index is 12.1. The van der Waals surface area contributed by atoms with Crippen molar-refractivity contribution in [3.05, 3.63) is 24.0 Å². The lowest BCUT2D eigenvalue weighted by Crippen LogP contribution is -2.12. The van der Waals surface area contributed by atoms with Crippen LogP contribution >= 0.6 is 0 Å². The molecular weight excluding hydrogens is 167 g/mol. The fraction of sp³-hybridized carbons (Fsp3) is 0.250. The summed E-state index contributed by atoms with van der Waals surface area (Å²) in [6.07, 6.45) is 1.88. The van der Waals surface area contributed by atoms with E-state index in [0.29, 0.717) is 0 Å². The van der Waals surface area contributed by atoms with Gasteiger partial charge in [-0.1, -0.05) is 5.92 Å².